The Morgan fingerprint density at radius 3 is 2.85 bits per heavy atom. The molecule has 0 aromatic heterocycles. The van der Waals surface area contributed by atoms with E-state index < -0.39 is 0 Å². The maximum absolute atomic E-state index is 6.15. The summed E-state index contributed by atoms with van der Waals surface area (Å²) in [6.07, 6.45) is 9.77. The molecule has 3 heterocycles. The molecule has 3 fully saturated rings. The predicted octanol–water partition coefficient (Wildman–Crippen LogP) is 3.19. The Morgan fingerprint density at radius 2 is 2.10 bits per heavy atom. The third-order valence-electron chi connectivity index (χ3n) is 5.32. The molecule has 3 rings (SSSR count). The first-order valence-corrected chi connectivity index (χ1v) is 8.40. The standard InChI is InChI=1S/C17H29NO2/c1-14(12-16-4-2-3-8-18-16)15-5-9-20-17(13-15)6-10-19-11-7-17/h16,18H,2-13H2,1H3. The fourth-order valence-electron chi connectivity index (χ4n) is 3.96. The van der Waals surface area contributed by atoms with E-state index in [1.54, 1.807) is 11.1 Å². The normalized spacial score (nSPS) is 33.1. The molecule has 0 aromatic carbocycles. The van der Waals surface area contributed by atoms with E-state index in [1.807, 2.05) is 0 Å². The van der Waals surface area contributed by atoms with E-state index >= 15 is 0 Å². The smallest absolute Gasteiger partial charge is 0.0763 e. The summed E-state index contributed by atoms with van der Waals surface area (Å²) in [7, 11) is 0. The van der Waals surface area contributed by atoms with Crippen molar-refractivity contribution < 1.29 is 9.47 Å². The van der Waals surface area contributed by atoms with Gasteiger partial charge < -0.3 is 14.8 Å². The van der Waals surface area contributed by atoms with Gasteiger partial charge in [-0.15, -0.1) is 0 Å². The number of rotatable bonds is 2. The van der Waals surface area contributed by atoms with Gasteiger partial charge in [0.2, 0.25) is 0 Å². The maximum atomic E-state index is 6.15. The van der Waals surface area contributed by atoms with E-state index in [0.29, 0.717) is 6.04 Å². The van der Waals surface area contributed by atoms with Crippen LogP contribution in [0.1, 0.15) is 58.3 Å². The Balaban J connectivity index is 1.63. The van der Waals surface area contributed by atoms with Gasteiger partial charge in [0.05, 0.1) is 12.2 Å². The first-order valence-electron chi connectivity index (χ1n) is 8.40. The van der Waals surface area contributed by atoms with Crippen molar-refractivity contribution in [3.8, 4) is 0 Å². The summed E-state index contributed by atoms with van der Waals surface area (Å²) < 4.78 is 11.7. The lowest BCUT2D eigenvalue weighted by atomic mass is 9.81. The molecule has 1 atom stereocenters. The highest BCUT2D eigenvalue weighted by Gasteiger charge is 2.37. The summed E-state index contributed by atoms with van der Waals surface area (Å²) in [6, 6.07) is 0.713. The molecule has 3 aliphatic rings. The van der Waals surface area contributed by atoms with Gasteiger partial charge >= 0.3 is 0 Å². The highest BCUT2D eigenvalue weighted by atomic mass is 16.5. The number of nitrogens with one attached hydrogen (secondary N) is 1. The molecule has 1 unspecified atom stereocenters. The van der Waals surface area contributed by atoms with E-state index in [-0.39, 0.29) is 5.60 Å². The molecule has 0 aromatic rings. The zero-order valence-corrected chi connectivity index (χ0v) is 12.9. The Labute approximate surface area is 123 Å². The molecule has 0 aliphatic carbocycles. The molecule has 0 bridgehead atoms. The van der Waals surface area contributed by atoms with Crippen LogP contribution in [0.25, 0.3) is 0 Å². The highest BCUT2D eigenvalue weighted by molar-refractivity contribution is 5.18. The van der Waals surface area contributed by atoms with Gasteiger partial charge in [-0.1, -0.05) is 17.6 Å². The second-order valence-corrected chi connectivity index (χ2v) is 6.81. The van der Waals surface area contributed by atoms with Crippen molar-refractivity contribution in [1.29, 1.82) is 0 Å². The molecule has 3 heteroatoms. The molecule has 3 aliphatic heterocycles. The first kappa shape index (κ1) is 14.6. The van der Waals surface area contributed by atoms with Crippen molar-refractivity contribution >= 4 is 0 Å². The largest absolute Gasteiger partial charge is 0.381 e. The predicted molar refractivity (Wildman–Crippen MR) is 80.9 cm³/mol. The average molecular weight is 279 g/mol. The molecule has 114 valence electrons. The van der Waals surface area contributed by atoms with Gasteiger partial charge in [-0.25, -0.2) is 0 Å². The van der Waals surface area contributed by atoms with Gasteiger partial charge in [0.25, 0.3) is 0 Å². The van der Waals surface area contributed by atoms with Gasteiger partial charge in [-0.2, -0.15) is 0 Å². The van der Waals surface area contributed by atoms with Crippen LogP contribution in [0.15, 0.2) is 11.1 Å². The Morgan fingerprint density at radius 1 is 1.25 bits per heavy atom. The second kappa shape index (κ2) is 6.59. The topological polar surface area (TPSA) is 30.5 Å². The van der Waals surface area contributed by atoms with Crippen LogP contribution < -0.4 is 5.32 Å². The molecule has 0 amide bonds. The number of hydrogen-bond donors (Lipinski definition) is 1. The van der Waals surface area contributed by atoms with Gasteiger partial charge in [-0.05, 0) is 45.6 Å². The molecule has 1 spiro atoms. The fraction of sp³-hybridized carbons (Fsp3) is 0.882. The summed E-state index contributed by atoms with van der Waals surface area (Å²) >= 11 is 0. The Kier molecular flexibility index (Phi) is 4.79. The lowest BCUT2D eigenvalue weighted by molar-refractivity contribution is -0.121. The van der Waals surface area contributed by atoms with Gasteiger partial charge in [0, 0.05) is 32.1 Å². The quantitative estimate of drug-likeness (QED) is 0.787. The van der Waals surface area contributed by atoms with E-state index in [0.717, 1.165) is 45.5 Å². The zero-order chi connectivity index (χ0) is 13.8. The number of ether oxygens (including phenoxy) is 2. The van der Waals surface area contributed by atoms with Crippen molar-refractivity contribution in [3.05, 3.63) is 11.1 Å². The molecule has 1 N–H and O–H groups in total. The van der Waals surface area contributed by atoms with Crippen LogP contribution in [-0.2, 0) is 9.47 Å². The van der Waals surface area contributed by atoms with Crippen LogP contribution in [0.2, 0.25) is 0 Å². The van der Waals surface area contributed by atoms with E-state index in [2.05, 4.69) is 12.2 Å². The number of piperidine rings is 1. The monoisotopic (exact) mass is 279 g/mol. The molecule has 3 nitrogen and oxygen atoms in total. The maximum Gasteiger partial charge on any atom is 0.0763 e. The summed E-state index contributed by atoms with van der Waals surface area (Å²) in [5.74, 6) is 0. The minimum absolute atomic E-state index is 0.104. The molecule has 20 heavy (non-hydrogen) atoms. The summed E-state index contributed by atoms with van der Waals surface area (Å²) in [4.78, 5) is 0. The Bertz CT molecular complexity index is 346. The number of hydrogen-bond acceptors (Lipinski definition) is 3. The van der Waals surface area contributed by atoms with Gasteiger partial charge in [0.15, 0.2) is 0 Å². The van der Waals surface area contributed by atoms with Crippen molar-refractivity contribution in [2.24, 2.45) is 0 Å². The highest BCUT2D eigenvalue weighted by Crippen LogP contribution is 2.38. The Hall–Kier alpha value is -0.380. The van der Waals surface area contributed by atoms with Crippen molar-refractivity contribution in [1.82, 2.24) is 5.32 Å². The van der Waals surface area contributed by atoms with Gasteiger partial charge in [0.1, 0.15) is 0 Å². The fourth-order valence-corrected chi connectivity index (χ4v) is 3.96. The van der Waals surface area contributed by atoms with Crippen LogP contribution in [0, 0.1) is 0 Å². The SMILES string of the molecule is CC(CC1CCCCN1)=C1CCOC2(CCOCC2)C1. The van der Waals surface area contributed by atoms with E-state index in [9.17, 15) is 0 Å². The molecule has 3 saturated heterocycles. The van der Waals surface area contributed by atoms with Crippen molar-refractivity contribution in [2.45, 2.75) is 69.9 Å². The minimum atomic E-state index is 0.104. The molecule has 0 radical (unpaired) electrons. The van der Waals surface area contributed by atoms with Crippen LogP contribution >= 0.6 is 0 Å². The van der Waals surface area contributed by atoms with Gasteiger partial charge in [-0.3, -0.25) is 0 Å². The van der Waals surface area contributed by atoms with Crippen molar-refractivity contribution in [2.75, 3.05) is 26.4 Å². The minimum Gasteiger partial charge on any atom is -0.381 e. The molecular weight excluding hydrogens is 250 g/mol. The first-order chi connectivity index (χ1) is 9.77. The third-order valence-corrected chi connectivity index (χ3v) is 5.32. The lowest BCUT2D eigenvalue weighted by Crippen LogP contribution is -2.42. The third kappa shape index (κ3) is 3.44. The summed E-state index contributed by atoms with van der Waals surface area (Å²) in [5.41, 5.74) is 3.40. The van der Waals surface area contributed by atoms with Crippen LogP contribution in [0.3, 0.4) is 0 Å². The second-order valence-electron chi connectivity index (χ2n) is 6.81. The average Bonchev–Trinajstić information content (AvgIpc) is 2.49. The molecular formula is C17H29NO2. The lowest BCUT2D eigenvalue weighted by Gasteiger charge is -2.42. The zero-order valence-electron chi connectivity index (χ0n) is 12.9. The van der Waals surface area contributed by atoms with E-state index in [4.69, 9.17) is 9.47 Å². The van der Waals surface area contributed by atoms with Crippen molar-refractivity contribution in [3.63, 3.8) is 0 Å². The van der Waals surface area contributed by atoms with Crippen LogP contribution in [-0.4, -0.2) is 38.0 Å². The van der Waals surface area contributed by atoms with Crippen LogP contribution in [0.5, 0.6) is 0 Å². The molecule has 0 saturated carbocycles. The van der Waals surface area contributed by atoms with E-state index in [1.165, 1.54) is 32.2 Å². The summed E-state index contributed by atoms with van der Waals surface area (Å²) in [6.45, 7) is 6.21. The summed E-state index contributed by atoms with van der Waals surface area (Å²) in [5, 5.41) is 3.67. The van der Waals surface area contributed by atoms with Crippen LogP contribution in [0.4, 0.5) is 0 Å².